The van der Waals surface area contributed by atoms with Crippen LogP contribution in [0.5, 0.6) is 0 Å². The molecular weight excluding hydrogens is 260 g/mol. The smallest absolute Gasteiger partial charge is 0.0888 e. The number of nitrogens with one attached hydrogen (secondary N) is 1. The fourth-order valence-corrected chi connectivity index (χ4v) is 3.88. The fourth-order valence-electron chi connectivity index (χ4n) is 3.88. The van der Waals surface area contributed by atoms with Crippen molar-refractivity contribution in [1.82, 2.24) is 5.43 Å². The van der Waals surface area contributed by atoms with Crippen LogP contribution in [0.25, 0.3) is 0 Å². The number of methoxy groups -OCH3 is 1. The molecule has 1 fully saturated rings. The average molecular weight is 290 g/mol. The quantitative estimate of drug-likeness (QED) is 0.620. The van der Waals surface area contributed by atoms with Gasteiger partial charge in [0.2, 0.25) is 0 Å². The van der Waals surface area contributed by atoms with E-state index in [2.05, 4.69) is 43.5 Å². The first kappa shape index (κ1) is 16.5. The van der Waals surface area contributed by atoms with Gasteiger partial charge in [0.1, 0.15) is 0 Å². The molecule has 0 saturated heterocycles. The first-order valence-corrected chi connectivity index (χ1v) is 8.25. The van der Waals surface area contributed by atoms with E-state index in [1.54, 1.807) is 0 Å². The third-order valence-corrected chi connectivity index (χ3v) is 4.91. The van der Waals surface area contributed by atoms with Crippen molar-refractivity contribution in [2.45, 2.75) is 64.0 Å². The molecule has 0 radical (unpaired) electrons. The number of rotatable bonds is 6. The zero-order valence-corrected chi connectivity index (χ0v) is 13.7. The molecule has 1 aliphatic rings. The van der Waals surface area contributed by atoms with Gasteiger partial charge in [-0.25, -0.2) is 0 Å². The Morgan fingerprint density at radius 3 is 2.90 bits per heavy atom. The summed E-state index contributed by atoms with van der Waals surface area (Å²) in [4.78, 5) is 0. The van der Waals surface area contributed by atoms with Gasteiger partial charge in [-0.2, -0.15) is 0 Å². The molecule has 2 rings (SSSR count). The van der Waals surface area contributed by atoms with Crippen molar-refractivity contribution in [3.63, 3.8) is 0 Å². The van der Waals surface area contributed by atoms with Gasteiger partial charge in [-0.3, -0.25) is 11.3 Å². The minimum Gasteiger partial charge on any atom is -0.376 e. The Bertz CT molecular complexity index is 449. The molecule has 3 unspecified atom stereocenters. The van der Waals surface area contributed by atoms with E-state index in [0.717, 1.165) is 25.7 Å². The maximum absolute atomic E-state index is 6.01. The zero-order chi connectivity index (χ0) is 15.3. The third-order valence-electron chi connectivity index (χ3n) is 4.91. The van der Waals surface area contributed by atoms with E-state index in [1.165, 1.54) is 24.0 Å². The molecule has 1 aromatic carbocycles. The Balaban J connectivity index is 2.30. The van der Waals surface area contributed by atoms with Gasteiger partial charge in [0.05, 0.1) is 11.6 Å². The third kappa shape index (κ3) is 3.65. The van der Waals surface area contributed by atoms with Crippen molar-refractivity contribution < 1.29 is 4.74 Å². The van der Waals surface area contributed by atoms with E-state index in [0.29, 0.717) is 5.92 Å². The lowest BCUT2D eigenvalue weighted by molar-refractivity contribution is -0.0806. The minimum absolute atomic E-state index is 0.0575. The minimum atomic E-state index is -0.183. The van der Waals surface area contributed by atoms with E-state index in [4.69, 9.17) is 10.6 Å². The number of hydrazine groups is 1. The second-order valence-corrected chi connectivity index (χ2v) is 6.57. The summed E-state index contributed by atoms with van der Waals surface area (Å²) in [7, 11) is 1.83. The molecule has 1 aromatic rings. The predicted molar refractivity (Wildman–Crippen MR) is 87.9 cm³/mol. The van der Waals surface area contributed by atoms with Crippen LogP contribution < -0.4 is 11.3 Å². The summed E-state index contributed by atoms with van der Waals surface area (Å²) in [5.74, 6) is 6.62. The summed E-state index contributed by atoms with van der Waals surface area (Å²) in [6.45, 7) is 4.53. The molecule has 0 amide bonds. The number of hydrogen-bond acceptors (Lipinski definition) is 3. The van der Waals surface area contributed by atoms with Crippen molar-refractivity contribution in [3.05, 3.63) is 35.4 Å². The highest BCUT2D eigenvalue weighted by atomic mass is 16.5. The highest BCUT2D eigenvalue weighted by Gasteiger charge is 2.42. The molecule has 1 saturated carbocycles. The summed E-state index contributed by atoms with van der Waals surface area (Å²) in [5.41, 5.74) is 5.49. The molecule has 0 heterocycles. The van der Waals surface area contributed by atoms with Gasteiger partial charge in [-0.1, -0.05) is 57.4 Å². The normalized spacial score (nSPS) is 27.5. The molecule has 21 heavy (non-hydrogen) atoms. The van der Waals surface area contributed by atoms with Crippen molar-refractivity contribution >= 4 is 0 Å². The van der Waals surface area contributed by atoms with Crippen LogP contribution in [-0.4, -0.2) is 12.7 Å². The van der Waals surface area contributed by atoms with Crippen LogP contribution in [0.15, 0.2) is 24.3 Å². The van der Waals surface area contributed by atoms with Crippen LogP contribution in [0, 0.1) is 5.92 Å². The van der Waals surface area contributed by atoms with Crippen LogP contribution >= 0.6 is 0 Å². The number of nitrogens with two attached hydrogens (primary N) is 1. The van der Waals surface area contributed by atoms with Crippen molar-refractivity contribution in [3.8, 4) is 0 Å². The maximum atomic E-state index is 6.01. The molecule has 3 heteroatoms. The van der Waals surface area contributed by atoms with Gasteiger partial charge < -0.3 is 4.74 Å². The topological polar surface area (TPSA) is 47.3 Å². The molecule has 0 aliphatic heterocycles. The van der Waals surface area contributed by atoms with Gasteiger partial charge in [0.15, 0.2) is 0 Å². The lowest BCUT2D eigenvalue weighted by Gasteiger charge is -2.44. The molecule has 0 bridgehead atoms. The summed E-state index contributed by atoms with van der Waals surface area (Å²) >= 11 is 0. The van der Waals surface area contributed by atoms with E-state index in [1.807, 2.05) is 7.11 Å². The lowest BCUT2D eigenvalue weighted by Crippen LogP contribution is -2.50. The summed E-state index contributed by atoms with van der Waals surface area (Å²) in [5, 5.41) is 0. The van der Waals surface area contributed by atoms with Crippen molar-refractivity contribution in [2.24, 2.45) is 11.8 Å². The lowest BCUT2D eigenvalue weighted by atomic mass is 9.72. The SMILES string of the molecule is CCCc1cccc(C(NN)C2(OC)CCCC(C)C2)c1. The number of benzene rings is 1. The first-order valence-electron chi connectivity index (χ1n) is 8.25. The molecule has 3 nitrogen and oxygen atoms in total. The number of ether oxygens (including phenoxy) is 1. The Morgan fingerprint density at radius 2 is 2.29 bits per heavy atom. The summed E-state index contributed by atoms with van der Waals surface area (Å²) in [6.07, 6.45) is 6.91. The van der Waals surface area contributed by atoms with Crippen LogP contribution in [0.3, 0.4) is 0 Å². The standard InChI is InChI=1S/C18H30N2O/c1-4-7-15-9-5-10-16(12-15)17(20-19)18(21-3)11-6-8-14(2)13-18/h5,9-10,12,14,17,20H,4,6-8,11,13,19H2,1-3H3. The molecule has 0 spiro atoms. The van der Waals surface area contributed by atoms with Gasteiger partial charge in [-0.05, 0) is 36.3 Å². The molecule has 3 N–H and O–H groups in total. The Labute approximate surface area is 129 Å². The van der Waals surface area contributed by atoms with E-state index >= 15 is 0 Å². The predicted octanol–water partition coefficient (Wildman–Crippen LogP) is 3.74. The van der Waals surface area contributed by atoms with Crippen LogP contribution in [0.2, 0.25) is 0 Å². The van der Waals surface area contributed by atoms with E-state index in [9.17, 15) is 0 Å². The Kier molecular flexibility index (Phi) is 5.80. The van der Waals surface area contributed by atoms with Gasteiger partial charge >= 0.3 is 0 Å². The largest absolute Gasteiger partial charge is 0.376 e. The fraction of sp³-hybridized carbons (Fsp3) is 0.667. The molecule has 118 valence electrons. The highest BCUT2D eigenvalue weighted by molar-refractivity contribution is 5.28. The molecule has 3 atom stereocenters. The van der Waals surface area contributed by atoms with Gasteiger partial charge in [0.25, 0.3) is 0 Å². The van der Waals surface area contributed by atoms with E-state index < -0.39 is 0 Å². The first-order chi connectivity index (χ1) is 10.1. The molecule has 0 aromatic heterocycles. The Morgan fingerprint density at radius 1 is 1.48 bits per heavy atom. The average Bonchev–Trinajstić information content (AvgIpc) is 2.49. The van der Waals surface area contributed by atoms with Crippen LogP contribution in [-0.2, 0) is 11.2 Å². The van der Waals surface area contributed by atoms with Gasteiger partial charge in [-0.15, -0.1) is 0 Å². The van der Waals surface area contributed by atoms with Crippen LogP contribution in [0.1, 0.15) is 63.1 Å². The summed E-state index contributed by atoms with van der Waals surface area (Å²) in [6, 6.07) is 8.85. The van der Waals surface area contributed by atoms with Crippen molar-refractivity contribution in [1.29, 1.82) is 0 Å². The van der Waals surface area contributed by atoms with E-state index in [-0.39, 0.29) is 11.6 Å². The Hall–Kier alpha value is -0.900. The van der Waals surface area contributed by atoms with Crippen LogP contribution in [0.4, 0.5) is 0 Å². The zero-order valence-electron chi connectivity index (χ0n) is 13.7. The number of hydrogen-bond donors (Lipinski definition) is 2. The second kappa shape index (κ2) is 7.39. The second-order valence-electron chi connectivity index (χ2n) is 6.57. The van der Waals surface area contributed by atoms with Crippen molar-refractivity contribution in [2.75, 3.05) is 7.11 Å². The highest BCUT2D eigenvalue weighted by Crippen LogP contribution is 2.43. The molecular formula is C18H30N2O. The molecule has 1 aliphatic carbocycles. The number of aryl methyl sites for hydroxylation is 1. The monoisotopic (exact) mass is 290 g/mol. The maximum Gasteiger partial charge on any atom is 0.0888 e. The van der Waals surface area contributed by atoms with Gasteiger partial charge in [0, 0.05) is 7.11 Å². The summed E-state index contributed by atoms with van der Waals surface area (Å²) < 4.78 is 6.01.